The number of amidine groups is 1. The molecule has 2 heterocycles. The van der Waals surface area contributed by atoms with Crippen molar-refractivity contribution in [2.45, 2.75) is 12.5 Å². The van der Waals surface area contributed by atoms with Crippen LogP contribution in [0.15, 0.2) is 18.2 Å². The zero-order valence-electron chi connectivity index (χ0n) is 16.5. The van der Waals surface area contributed by atoms with Crippen molar-refractivity contribution < 1.29 is 24.2 Å². The summed E-state index contributed by atoms with van der Waals surface area (Å²) in [4.78, 5) is 29.7. The number of nitrogens with zero attached hydrogens (tertiary/aromatic N) is 3. The van der Waals surface area contributed by atoms with Crippen LogP contribution in [-0.2, 0) is 14.3 Å². The minimum atomic E-state index is -0.486. The molecule has 0 saturated carbocycles. The molecule has 3 rings (SSSR count). The molecule has 2 fully saturated rings. The summed E-state index contributed by atoms with van der Waals surface area (Å²) in [5.41, 5.74) is 6.40. The Hall–Kier alpha value is -2.85. The minimum absolute atomic E-state index is 0.0221. The molecular weight excluding hydrogens is 378 g/mol. The molecule has 158 valence electrons. The third-order valence-corrected chi connectivity index (χ3v) is 5.28. The number of hydrogen-bond donors (Lipinski definition) is 3. The number of phenolic OH excluding ortho intramolecular Hbond substituents is 1. The molecule has 1 amide bonds. The van der Waals surface area contributed by atoms with Gasteiger partial charge in [-0.05, 0) is 18.2 Å². The SMILES string of the molecule is COC(=O)CCN1CCN(CC2COC(=O)N2c2ccc(O)cc2C(=N)N)CC1. The highest BCUT2D eigenvalue weighted by Gasteiger charge is 2.37. The van der Waals surface area contributed by atoms with Crippen LogP contribution >= 0.6 is 0 Å². The molecular formula is C19H27N5O5. The van der Waals surface area contributed by atoms with E-state index in [2.05, 4.69) is 14.5 Å². The number of benzene rings is 1. The van der Waals surface area contributed by atoms with Gasteiger partial charge in [-0.3, -0.25) is 20.0 Å². The number of aromatic hydroxyl groups is 1. The van der Waals surface area contributed by atoms with Crippen LogP contribution in [0.4, 0.5) is 10.5 Å². The van der Waals surface area contributed by atoms with Gasteiger partial charge in [0.1, 0.15) is 18.2 Å². The maximum Gasteiger partial charge on any atom is 0.414 e. The predicted molar refractivity (Wildman–Crippen MR) is 106 cm³/mol. The van der Waals surface area contributed by atoms with E-state index in [1.54, 1.807) is 6.07 Å². The summed E-state index contributed by atoms with van der Waals surface area (Å²) < 4.78 is 9.94. The average Bonchev–Trinajstić information content (AvgIpc) is 3.07. The summed E-state index contributed by atoms with van der Waals surface area (Å²) in [5, 5.41) is 17.5. The molecule has 1 aromatic rings. The normalized spacial score (nSPS) is 20.5. The number of nitrogens with two attached hydrogens (primary N) is 1. The molecule has 4 N–H and O–H groups in total. The summed E-state index contributed by atoms with van der Waals surface area (Å²) in [5.74, 6) is -0.459. The number of esters is 1. The van der Waals surface area contributed by atoms with Gasteiger partial charge in [-0.1, -0.05) is 0 Å². The molecule has 2 aliphatic heterocycles. The number of piperazine rings is 1. The zero-order chi connectivity index (χ0) is 21.0. The number of ether oxygens (including phenoxy) is 2. The molecule has 1 atom stereocenters. The molecule has 2 aliphatic rings. The number of nitrogens with one attached hydrogen (secondary N) is 1. The second-order valence-electron chi connectivity index (χ2n) is 7.18. The predicted octanol–water partition coefficient (Wildman–Crippen LogP) is 0.182. The fraction of sp³-hybridized carbons (Fsp3) is 0.526. The van der Waals surface area contributed by atoms with E-state index in [0.717, 1.165) is 26.2 Å². The summed E-state index contributed by atoms with van der Waals surface area (Å²) in [6.07, 6.45) is -0.107. The minimum Gasteiger partial charge on any atom is -0.508 e. The lowest BCUT2D eigenvalue weighted by molar-refractivity contribution is -0.141. The summed E-state index contributed by atoms with van der Waals surface area (Å²) in [7, 11) is 1.39. The number of cyclic esters (lactones) is 1. The van der Waals surface area contributed by atoms with Crippen molar-refractivity contribution in [2.75, 3.05) is 57.9 Å². The lowest BCUT2D eigenvalue weighted by Crippen LogP contribution is -2.51. The van der Waals surface area contributed by atoms with Crippen molar-refractivity contribution in [3.05, 3.63) is 23.8 Å². The Kier molecular flexibility index (Phi) is 6.55. The van der Waals surface area contributed by atoms with Gasteiger partial charge in [-0.25, -0.2) is 4.79 Å². The summed E-state index contributed by atoms with van der Waals surface area (Å²) >= 11 is 0. The first-order valence-corrected chi connectivity index (χ1v) is 9.54. The summed E-state index contributed by atoms with van der Waals surface area (Å²) in [6.45, 7) is 4.83. The number of rotatable bonds is 7. The van der Waals surface area contributed by atoms with Crippen LogP contribution in [0.5, 0.6) is 5.75 Å². The Bertz CT molecular complexity index is 778. The molecule has 10 heteroatoms. The van der Waals surface area contributed by atoms with E-state index in [4.69, 9.17) is 15.9 Å². The van der Waals surface area contributed by atoms with E-state index in [1.165, 1.54) is 24.1 Å². The molecule has 0 radical (unpaired) electrons. The van der Waals surface area contributed by atoms with Crippen LogP contribution in [0.3, 0.4) is 0 Å². The number of amides is 1. The lowest BCUT2D eigenvalue weighted by Gasteiger charge is -2.36. The van der Waals surface area contributed by atoms with E-state index in [9.17, 15) is 14.7 Å². The van der Waals surface area contributed by atoms with Gasteiger partial charge in [0, 0.05) is 44.8 Å². The van der Waals surface area contributed by atoms with Crippen LogP contribution in [-0.4, -0.2) is 91.8 Å². The maximum absolute atomic E-state index is 12.4. The van der Waals surface area contributed by atoms with Crippen molar-refractivity contribution in [3.63, 3.8) is 0 Å². The van der Waals surface area contributed by atoms with Crippen LogP contribution in [0, 0.1) is 5.41 Å². The van der Waals surface area contributed by atoms with Crippen molar-refractivity contribution in [1.82, 2.24) is 9.80 Å². The summed E-state index contributed by atoms with van der Waals surface area (Å²) in [6, 6.07) is 4.20. The van der Waals surface area contributed by atoms with Crippen molar-refractivity contribution in [1.29, 1.82) is 5.41 Å². The first-order valence-electron chi connectivity index (χ1n) is 9.54. The second-order valence-corrected chi connectivity index (χ2v) is 7.18. The van der Waals surface area contributed by atoms with Crippen LogP contribution in [0.2, 0.25) is 0 Å². The standard InChI is InChI=1S/C19H27N5O5/c1-28-17(26)4-5-22-6-8-23(9-7-22)11-13-12-29-19(27)24(13)16-3-2-14(25)10-15(16)18(20)21/h2-3,10,13,25H,4-9,11-12H2,1H3,(H3,20,21). The lowest BCUT2D eigenvalue weighted by atomic mass is 10.1. The van der Waals surface area contributed by atoms with E-state index >= 15 is 0 Å². The smallest absolute Gasteiger partial charge is 0.414 e. The molecule has 0 spiro atoms. The fourth-order valence-electron chi connectivity index (χ4n) is 3.68. The monoisotopic (exact) mass is 405 g/mol. The van der Waals surface area contributed by atoms with Gasteiger partial charge in [0.15, 0.2) is 0 Å². The third-order valence-electron chi connectivity index (χ3n) is 5.28. The first-order chi connectivity index (χ1) is 13.9. The Morgan fingerprint density at radius 3 is 2.66 bits per heavy atom. The third kappa shape index (κ3) is 4.96. The average molecular weight is 405 g/mol. The largest absolute Gasteiger partial charge is 0.508 e. The van der Waals surface area contributed by atoms with E-state index in [1.807, 2.05) is 0 Å². The quantitative estimate of drug-likeness (QED) is 0.333. The molecule has 0 bridgehead atoms. The van der Waals surface area contributed by atoms with Gasteiger partial charge >= 0.3 is 12.1 Å². The highest BCUT2D eigenvalue weighted by molar-refractivity contribution is 6.05. The first kappa shape index (κ1) is 20.9. The zero-order valence-corrected chi connectivity index (χ0v) is 16.5. The van der Waals surface area contributed by atoms with Gasteiger partial charge < -0.3 is 25.2 Å². The molecule has 0 aliphatic carbocycles. The Labute approximate surface area is 169 Å². The van der Waals surface area contributed by atoms with Crippen LogP contribution in [0.1, 0.15) is 12.0 Å². The number of hydrogen-bond acceptors (Lipinski definition) is 8. The highest BCUT2D eigenvalue weighted by Crippen LogP contribution is 2.30. The molecule has 1 unspecified atom stereocenters. The van der Waals surface area contributed by atoms with Gasteiger partial charge in [0.2, 0.25) is 0 Å². The van der Waals surface area contributed by atoms with Crippen LogP contribution in [0.25, 0.3) is 0 Å². The Morgan fingerprint density at radius 2 is 2.00 bits per heavy atom. The van der Waals surface area contributed by atoms with E-state index in [-0.39, 0.29) is 30.2 Å². The van der Waals surface area contributed by atoms with E-state index in [0.29, 0.717) is 30.8 Å². The van der Waals surface area contributed by atoms with Gasteiger partial charge in [-0.15, -0.1) is 0 Å². The number of anilines is 1. The molecule has 0 aromatic heterocycles. The molecule has 29 heavy (non-hydrogen) atoms. The van der Waals surface area contributed by atoms with Gasteiger partial charge in [0.05, 0.1) is 25.3 Å². The van der Waals surface area contributed by atoms with Crippen molar-refractivity contribution in [3.8, 4) is 5.75 Å². The number of phenols is 1. The molecule has 1 aromatic carbocycles. The molecule has 10 nitrogen and oxygen atoms in total. The highest BCUT2D eigenvalue weighted by atomic mass is 16.6. The number of carbonyl (C=O) groups excluding carboxylic acids is 2. The number of methoxy groups -OCH3 is 1. The van der Waals surface area contributed by atoms with Gasteiger partial charge in [-0.2, -0.15) is 0 Å². The maximum atomic E-state index is 12.4. The number of carbonyl (C=O) groups is 2. The molecule has 2 saturated heterocycles. The topological polar surface area (TPSA) is 132 Å². The van der Waals surface area contributed by atoms with Gasteiger partial charge in [0.25, 0.3) is 0 Å². The van der Waals surface area contributed by atoms with Crippen molar-refractivity contribution >= 4 is 23.6 Å². The fourth-order valence-corrected chi connectivity index (χ4v) is 3.68. The second kappa shape index (κ2) is 9.10. The number of nitrogen functional groups attached to an aromatic ring is 1. The van der Waals surface area contributed by atoms with E-state index < -0.39 is 6.09 Å². The Morgan fingerprint density at radius 1 is 1.31 bits per heavy atom. The van der Waals surface area contributed by atoms with Crippen LogP contribution < -0.4 is 10.6 Å². The van der Waals surface area contributed by atoms with Crippen molar-refractivity contribution in [2.24, 2.45) is 5.73 Å². The Balaban J connectivity index is 1.62.